The van der Waals surface area contributed by atoms with Crippen LogP contribution in [0, 0.1) is 13.8 Å². The molecule has 0 saturated heterocycles. The Bertz CT molecular complexity index is 1780. The fourth-order valence-electron chi connectivity index (χ4n) is 6.17. The number of nitrogens with one attached hydrogen (secondary N) is 1. The predicted molar refractivity (Wildman–Crippen MR) is 188 cm³/mol. The highest BCUT2D eigenvalue weighted by atomic mass is 35.5. The molecule has 0 bridgehead atoms. The molecule has 1 aliphatic rings. The Morgan fingerprint density at radius 1 is 0.830 bits per heavy atom. The molecule has 4 aromatic rings. The third kappa shape index (κ3) is 8.62. The zero-order valence-corrected chi connectivity index (χ0v) is 28.5. The normalized spacial score (nSPS) is 14.3. The molecule has 0 aromatic heterocycles. The van der Waals surface area contributed by atoms with E-state index >= 15 is 0 Å². The van der Waals surface area contributed by atoms with Crippen molar-refractivity contribution in [1.29, 1.82) is 0 Å². The van der Waals surface area contributed by atoms with Gasteiger partial charge in [0.1, 0.15) is 12.6 Å². The average Bonchev–Trinajstić information content (AvgIpc) is 3.08. The van der Waals surface area contributed by atoms with Crippen molar-refractivity contribution in [3.05, 3.63) is 130 Å². The van der Waals surface area contributed by atoms with E-state index in [1.54, 1.807) is 48.5 Å². The van der Waals surface area contributed by atoms with Gasteiger partial charge in [0, 0.05) is 24.0 Å². The van der Waals surface area contributed by atoms with Gasteiger partial charge in [-0.25, -0.2) is 8.42 Å². The van der Waals surface area contributed by atoms with Gasteiger partial charge < -0.3 is 10.2 Å². The summed E-state index contributed by atoms with van der Waals surface area (Å²) in [6.45, 7) is 3.33. The highest BCUT2D eigenvalue weighted by molar-refractivity contribution is 7.92. The molecule has 0 aliphatic heterocycles. The van der Waals surface area contributed by atoms with Crippen LogP contribution in [0.4, 0.5) is 5.69 Å². The zero-order valence-electron chi connectivity index (χ0n) is 26.9. The molecule has 0 radical (unpaired) electrons. The molecular formula is C38H42ClN3O4S. The van der Waals surface area contributed by atoms with Gasteiger partial charge >= 0.3 is 0 Å². The van der Waals surface area contributed by atoms with Crippen molar-refractivity contribution in [2.75, 3.05) is 10.8 Å². The van der Waals surface area contributed by atoms with Crippen molar-refractivity contribution in [1.82, 2.24) is 10.2 Å². The number of amides is 2. The third-order valence-electron chi connectivity index (χ3n) is 8.92. The van der Waals surface area contributed by atoms with Crippen molar-refractivity contribution in [2.24, 2.45) is 0 Å². The van der Waals surface area contributed by atoms with Crippen LogP contribution >= 0.6 is 11.6 Å². The predicted octanol–water partition coefficient (Wildman–Crippen LogP) is 7.24. The minimum atomic E-state index is -4.16. The monoisotopic (exact) mass is 671 g/mol. The van der Waals surface area contributed by atoms with Gasteiger partial charge in [-0.1, -0.05) is 104 Å². The maximum atomic E-state index is 14.7. The van der Waals surface area contributed by atoms with Crippen molar-refractivity contribution in [3.8, 4) is 0 Å². The minimum Gasteiger partial charge on any atom is -0.352 e. The fraction of sp³-hybridized carbons (Fsp3) is 0.316. The number of hydrogen-bond donors (Lipinski definition) is 1. The first kappa shape index (κ1) is 34.2. The second-order valence-corrected chi connectivity index (χ2v) is 14.5. The zero-order chi connectivity index (χ0) is 33.4. The van der Waals surface area contributed by atoms with E-state index in [9.17, 15) is 18.0 Å². The van der Waals surface area contributed by atoms with E-state index < -0.39 is 28.5 Å². The van der Waals surface area contributed by atoms with E-state index in [0.717, 1.165) is 54.4 Å². The standard InChI is InChI=1S/C38H42ClN3O4S/c1-28-14-12-23-35(29(28)2)42(47(45,46)34-21-10-5-11-22-34)27-37(43)41(26-31-17-13-18-32(39)24-31)36(25-30-15-6-3-7-16-30)38(44)40-33-19-8-4-9-20-33/h3,5-7,10-18,21-24,33,36H,4,8-9,19-20,25-27H2,1-2H3,(H,40,44). The molecule has 1 N–H and O–H groups in total. The first-order valence-electron chi connectivity index (χ1n) is 16.2. The molecule has 0 spiro atoms. The van der Waals surface area contributed by atoms with E-state index in [0.29, 0.717) is 10.7 Å². The van der Waals surface area contributed by atoms with E-state index in [4.69, 9.17) is 11.6 Å². The molecular weight excluding hydrogens is 630 g/mol. The number of hydrogen-bond acceptors (Lipinski definition) is 4. The van der Waals surface area contributed by atoms with Gasteiger partial charge in [0.25, 0.3) is 10.0 Å². The number of benzene rings is 4. The van der Waals surface area contributed by atoms with Gasteiger partial charge in [-0.2, -0.15) is 0 Å². The van der Waals surface area contributed by atoms with Gasteiger partial charge in [-0.15, -0.1) is 0 Å². The molecule has 4 aromatic carbocycles. The van der Waals surface area contributed by atoms with E-state index in [1.165, 1.54) is 21.3 Å². The van der Waals surface area contributed by atoms with Crippen molar-refractivity contribution < 1.29 is 18.0 Å². The van der Waals surface area contributed by atoms with Crippen LogP contribution in [-0.2, 0) is 32.6 Å². The van der Waals surface area contributed by atoms with Gasteiger partial charge in [-0.05, 0) is 79.3 Å². The summed E-state index contributed by atoms with van der Waals surface area (Å²) in [5.41, 5.74) is 3.68. The van der Waals surface area contributed by atoms with E-state index in [2.05, 4.69) is 5.32 Å². The molecule has 0 heterocycles. The first-order valence-corrected chi connectivity index (χ1v) is 18.0. The lowest BCUT2D eigenvalue weighted by molar-refractivity contribution is -0.140. The number of anilines is 1. The molecule has 9 heteroatoms. The Morgan fingerprint density at radius 3 is 2.15 bits per heavy atom. The smallest absolute Gasteiger partial charge is 0.264 e. The number of aryl methyl sites for hydroxylation is 1. The van der Waals surface area contributed by atoms with Gasteiger partial charge in [0.05, 0.1) is 10.6 Å². The van der Waals surface area contributed by atoms with Gasteiger partial charge in [0.2, 0.25) is 11.8 Å². The largest absolute Gasteiger partial charge is 0.352 e. The van der Waals surface area contributed by atoms with Crippen molar-refractivity contribution in [2.45, 2.75) is 75.9 Å². The van der Waals surface area contributed by atoms with Crippen LogP contribution in [0.3, 0.4) is 0 Å². The molecule has 246 valence electrons. The summed E-state index contributed by atoms with van der Waals surface area (Å²) in [5.74, 6) is -0.745. The molecule has 1 unspecified atom stereocenters. The van der Waals surface area contributed by atoms with Crippen molar-refractivity contribution in [3.63, 3.8) is 0 Å². The maximum Gasteiger partial charge on any atom is 0.264 e. The summed E-state index contributed by atoms with van der Waals surface area (Å²) >= 11 is 6.36. The number of halogens is 1. The average molecular weight is 672 g/mol. The van der Waals surface area contributed by atoms with Crippen LogP contribution < -0.4 is 9.62 Å². The Kier molecular flexibility index (Phi) is 11.4. The molecule has 1 fully saturated rings. The SMILES string of the molecule is Cc1cccc(N(CC(=O)N(Cc2cccc(Cl)c2)C(Cc2ccccc2)C(=O)NC2CCCCC2)S(=O)(=O)c2ccccc2)c1C. The molecule has 5 rings (SSSR count). The van der Waals surface area contributed by atoms with Crippen LogP contribution in [0.2, 0.25) is 5.02 Å². The molecule has 2 amide bonds. The second-order valence-electron chi connectivity index (χ2n) is 12.2. The van der Waals surface area contributed by atoms with Crippen LogP contribution in [-0.4, -0.2) is 43.8 Å². The summed E-state index contributed by atoms with van der Waals surface area (Å²) in [7, 11) is -4.16. The summed E-state index contributed by atoms with van der Waals surface area (Å²) < 4.78 is 29.7. The summed E-state index contributed by atoms with van der Waals surface area (Å²) in [6.07, 6.45) is 5.27. The number of rotatable bonds is 12. The van der Waals surface area contributed by atoms with Crippen LogP contribution in [0.5, 0.6) is 0 Å². The van der Waals surface area contributed by atoms with E-state index in [-0.39, 0.29) is 29.8 Å². The van der Waals surface area contributed by atoms with Gasteiger partial charge in [0.15, 0.2) is 0 Å². The lowest BCUT2D eigenvalue weighted by Crippen LogP contribution is -2.55. The van der Waals surface area contributed by atoms with Crippen LogP contribution in [0.15, 0.2) is 108 Å². The summed E-state index contributed by atoms with van der Waals surface area (Å²) in [4.78, 5) is 30.6. The minimum absolute atomic E-state index is 0.0301. The molecule has 1 aliphatic carbocycles. The lowest BCUT2D eigenvalue weighted by Gasteiger charge is -2.35. The van der Waals surface area contributed by atoms with Gasteiger partial charge in [-0.3, -0.25) is 13.9 Å². The Labute approximate surface area is 283 Å². The Morgan fingerprint density at radius 2 is 1.47 bits per heavy atom. The molecule has 1 atom stereocenters. The number of sulfonamides is 1. The second kappa shape index (κ2) is 15.6. The summed E-state index contributed by atoms with van der Waals surface area (Å²) in [5, 5.41) is 3.74. The Hall–Kier alpha value is -4.14. The highest BCUT2D eigenvalue weighted by Crippen LogP contribution is 2.29. The maximum absolute atomic E-state index is 14.7. The molecule has 1 saturated carbocycles. The topological polar surface area (TPSA) is 86.8 Å². The van der Waals surface area contributed by atoms with E-state index in [1.807, 2.05) is 56.3 Å². The quantitative estimate of drug-likeness (QED) is 0.172. The van der Waals surface area contributed by atoms with Crippen LogP contribution in [0.25, 0.3) is 0 Å². The third-order valence-corrected chi connectivity index (χ3v) is 10.9. The van der Waals surface area contributed by atoms with Crippen LogP contribution in [0.1, 0.15) is 54.4 Å². The molecule has 47 heavy (non-hydrogen) atoms. The number of carbonyl (C=O) groups excluding carboxylic acids is 2. The fourth-order valence-corrected chi connectivity index (χ4v) is 7.87. The van der Waals surface area contributed by atoms with Crippen molar-refractivity contribution >= 4 is 39.1 Å². The Balaban J connectivity index is 1.58. The first-order chi connectivity index (χ1) is 22.6. The summed E-state index contributed by atoms with van der Waals surface area (Å²) in [6, 6.07) is 29.4. The lowest BCUT2D eigenvalue weighted by atomic mass is 9.94. The number of nitrogens with zero attached hydrogens (tertiary/aromatic N) is 2. The molecule has 7 nitrogen and oxygen atoms in total. The highest BCUT2D eigenvalue weighted by Gasteiger charge is 2.36. The number of carbonyl (C=O) groups is 2.